The maximum Gasteiger partial charge on any atom is 0.396 e. The molecule has 3 saturated heterocycles. The van der Waals surface area contributed by atoms with E-state index in [1.807, 2.05) is 65.0 Å². The van der Waals surface area contributed by atoms with Crippen LogP contribution in [0.2, 0.25) is 5.02 Å². The third-order valence-corrected chi connectivity index (χ3v) is 18.5. The van der Waals surface area contributed by atoms with Crippen LogP contribution in [0, 0.1) is 12.3 Å². The molecule has 8 rings (SSSR count). The summed E-state index contributed by atoms with van der Waals surface area (Å²) < 4.78 is 17.8. The van der Waals surface area contributed by atoms with Gasteiger partial charge in [-0.3, -0.25) is 47.7 Å². The van der Waals surface area contributed by atoms with Crippen LogP contribution >= 0.6 is 30.5 Å². The van der Waals surface area contributed by atoms with Gasteiger partial charge in [0.2, 0.25) is 41.4 Å². The number of rotatable bonds is 23. The number of unbranched alkanes of at least 4 members (excludes halogenated alkanes) is 1. The normalized spacial score (nSPS) is 19.9. The van der Waals surface area contributed by atoms with Crippen LogP contribution in [-0.2, 0) is 44.5 Å². The number of halogens is 1. The summed E-state index contributed by atoms with van der Waals surface area (Å²) in [6.45, 7) is 10.4. The molecule has 3 fully saturated rings. The summed E-state index contributed by atoms with van der Waals surface area (Å²) in [5, 5.41) is 22.9. The number of nitrogens with zero attached hydrogens (tertiary/aromatic N) is 4. The summed E-state index contributed by atoms with van der Waals surface area (Å²) in [7, 11) is -5.10. The second-order valence-corrected chi connectivity index (χ2v) is 26.7. The first kappa shape index (κ1) is 66.4. The fourth-order valence-corrected chi connectivity index (χ4v) is 13.1. The minimum Gasteiger partial charge on any atom is -0.490 e. The van der Waals surface area contributed by atoms with Crippen molar-refractivity contribution < 1.29 is 67.3 Å². The fraction of sp³-hybridized carbons (Fsp3) is 0.475. The topological polar surface area (TPSA) is 353 Å². The molecule has 88 heavy (non-hydrogen) atoms. The number of amides is 8. The molecule has 0 aliphatic carbocycles. The summed E-state index contributed by atoms with van der Waals surface area (Å²) in [5.74, 6) is -3.86. The second kappa shape index (κ2) is 28.3. The van der Waals surface area contributed by atoms with E-state index in [1.165, 1.54) is 45.9 Å². The summed E-state index contributed by atoms with van der Waals surface area (Å²) in [4.78, 5) is 153. The first-order valence-corrected chi connectivity index (χ1v) is 32.1. The van der Waals surface area contributed by atoms with Gasteiger partial charge in [-0.15, -0.1) is 11.3 Å². The Labute approximate surface area is 518 Å². The Morgan fingerprint density at radius 1 is 0.920 bits per heavy atom. The molecule has 0 saturated carbocycles. The Morgan fingerprint density at radius 2 is 1.65 bits per heavy atom. The molecule has 8 amide bonds. The minimum absolute atomic E-state index is 0.0441. The number of β-amino-alcohol motifs (C(OH)–C–C–N with tert-alkyl or cyclic N) is 1. The van der Waals surface area contributed by atoms with Gasteiger partial charge in [-0.05, 0) is 111 Å². The van der Waals surface area contributed by atoms with Crippen LogP contribution in [0.25, 0.3) is 21.3 Å². The summed E-state index contributed by atoms with van der Waals surface area (Å²) >= 11 is 8.46. The lowest BCUT2D eigenvalue weighted by Crippen LogP contribution is -2.61. The van der Waals surface area contributed by atoms with E-state index >= 15 is 0 Å². The average Bonchev–Trinajstić information content (AvgIpc) is 4.22. The Kier molecular flexibility index (Phi) is 21.4. The lowest BCUT2D eigenvalue weighted by molar-refractivity contribution is -0.145. The highest BCUT2D eigenvalue weighted by atomic mass is 35.5. The standard InChI is InChI=1S/C61H76ClN10O14PS/c1-33(36-14-16-38(17-15-36)53-34(2)64-32-88-53)65-57(79)48-28-43(74)29-71(48)59(81)54(61(4,5)6)69-51(76)13-8-7-10-37-11-9-12-49(52(37)62)86-31-41(19-23-50(63)75)66-56(78)47-22-20-42-24-25-70(35(3)73)30-46(58(80)72(42)47)68-55(77)45-27-40-26-39(18-21-44(40)67-45)60(82)87(83,84)85/h9,11-12,14-18,21,26-27,32-33,41-43,46-48,54,67,74H,7-8,10,13,19-20,22-25,28-31H2,1-6H3,(H2,63,75)(H,65,79)(H,66,78)(H,68,77)(H,69,76)(H2,83,84,85)/t33-,41-,42+,43+,46-,47-,48-,54+/m0/s1. The van der Waals surface area contributed by atoms with Crippen LogP contribution < -0.4 is 31.7 Å². The predicted molar refractivity (Wildman–Crippen MR) is 328 cm³/mol. The number of carbonyl (C=O) groups is 9. The Morgan fingerprint density at radius 3 is 2.32 bits per heavy atom. The molecule has 27 heteroatoms. The van der Waals surface area contributed by atoms with Crippen molar-refractivity contribution in [1.29, 1.82) is 0 Å². The van der Waals surface area contributed by atoms with Crippen molar-refractivity contribution >= 4 is 94.2 Å². The number of nitrogens with one attached hydrogen (secondary N) is 5. The molecule has 8 atom stereocenters. The van der Waals surface area contributed by atoms with Crippen LogP contribution in [0.3, 0.4) is 0 Å². The second-order valence-electron chi connectivity index (χ2n) is 23.9. The van der Waals surface area contributed by atoms with Crippen molar-refractivity contribution in [3.63, 3.8) is 0 Å². The number of aryl methyl sites for hydroxylation is 2. The van der Waals surface area contributed by atoms with Crippen LogP contribution in [0.15, 0.2) is 72.2 Å². The van der Waals surface area contributed by atoms with E-state index in [2.05, 4.69) is 31.2 Å². The number of H-pyrrole nitrogens is 1. The average molecular weight is 1270 g/mol. The summed E-state index contributed by atoms with van der Waals surface area (Å²) in [6, 6.07) is 12.2. The number of thiazole rings is 1. The number of primary amides is 1. The third-order valence-electron chi connectivity index (χ3n) is 16.3. The molecule has 0 unspecified atom stereocenters. The smallest absolute Gasteiger partial charge is 0.396 e. The molecule has 10 N–H and O–H groups in total. The maximum absolute atomic E-state index is 14.6. The van der Waals surface area contributed by atoms with Crippen molar-refractivity contribution in [3.8, 4) is 16.2 Å². The van der Waals surface area contributed by atoms with E-state index in [1.54, 1.807) is 29.0 Å². The van der Waals surface area contributed by atoms with E-state index in [0.717, 1.165) is 21.7 Å². The molecule has 2 aromatic heterocycles. The fourth-order valence-electron chi connectivity index (χ4n) is 11.5. The number of hydrogen-bond donors (Lipinski definition) is 9. The molecule has 472 valence electrons. The van der Waals surface area contributed by atoms with Gasteiger partial charge in [0.25, 0.3) is 11.4 Å². The molecule has 3 aliphatic rings. The first-order chi connectivity index (χ1) is 41.6. The minimum atomic E-state index is -5.10. The first-order valence-electron chi connectivity index (χ1n) is 29.3. The predicted octanol–water partition coefficient (Wildman–Crippen LogP) is 5.19. The van der Waals surface area contributed by atoms with E-state index in [4.69, 9.17) is 22.1 Å². The highest BCUT2D eigenvalue weighted by molar-refractivity contribution is 7.70. The lowest BCUT2D eigenvalue weighted by atomic mass is 9.85. The monoisotopic (exact) mass is 1270 g/mol. The van der Waals surface area contributed by atoms with Gasteiger partial charge in [-0.2, -0.15) is 0 Å². The van der Waals surface area contributed by atoms with E-state index in [-0.39, 0.29) is 97.6 Å². The molecule has 5 aromatic rings. The Hall–Kier alpha value is -7.54. The van der Waals surface area contributed by atoms with Crippen LogP contribution in [0.4, 0.5) is 0 Å². The highest BCUT2D eigenvalue weighted by Gasteiger charge is 2.47. The number of likely N-dealkylation sites (tertiary alicyclic amines) is 1. The Bertz CT molecular complexity index is 3510. The van der Waals surface area contributed by atoms with Crippen LogP contribution in [-0.4, -0.2) is 161 Å². The van der Waals surface area contributed by atoms with E-state index in [9.17, 15) is 62.6 Å². The molecule has 0 radical (unpaired) electrons. The lowest BCUT2D eigenvalue weighted by Gasteiger charge is -2.38. The number of ether oxygens (including phenoxy) is 1. The molecule has 3 aromatic carbocycles. The molecule has 5 heterocycles. The van der Waals surface area contributed by atoms with Crippen molar-refractivity contribution in [2.24, 2.45) is 11.1 Å². The van der Waals surface area contributed by atoms with Gasteiger partial charge in [0.05, 0.1) is 39.3 Å². The molecule has 3 aliphatic heterocycles. The number of aliphatic hydroxyl groups excluding tert-OH is 1. The van der Waals surface area contributed by atoms with Gasteiger partial charge in [0.1, 0.15) is 42.2 Å². The van der Waals surface area contributed by atoms with Crippen molar-refractivity contribution in [1.82, 2.24) is 45.9 Å². The molecular formula is C61H76ClN10O14PS. The largest absolute Gasteiger partial charge is 0.490 e. The molecule has 0 bridgehead atoms. The zero-order valence-corrected chi connectivity index (χ0v) is 52.3. The van der Waals surface area contributed by atoms with Gasteiger partial charge < -0.3 is 66.3 Å². The van der Waals surface area contributed by atoms with Crippen molar-refractivity contribution in [2.75, 3.05) is 26.2 Å². The maximum atomic E-state index is 14.6. The number of nitrogens with two attached hydrogens (primary N) is 1. The Balaban J connectivity index is 0.852. The van der Waals surface area contributed by atoms with Gasteiger partial charge in [0, 0.05) is 68.3 Å². The van der Waals surface area contributed by atoms with Crippen LogP contribution in [0.1, 0.15) is 136 Å². The number of benzene rings is 3. The van der Waals surface area contributed by atoms with Gasteiger partial charge in [-0.25, -0.2) is 4.98 Å². The third kappa shape index (κ3) is 16.2. The van der Waals surface area contributed by atoms with Crippen molar-refractivity contribution in [2.45, 2.75) is 154 Å². The summed E-state index contributed by atoms with van der Waals surface area (Å²) in [6.07, 6.45) is 1.49. The molecule has 0 spiro atoms. The zero-order chi connectivity index (χ0) is 63.9. The zero-order valence-electron chi connectivity index (χ0n) is 49.9. The van der Waals surface area contributed by atoms with Gasteiger partial charge >= 0.3 is 7.60 Å². The SMILES string of the molecule is CC(=O)N1CC[C@H]2CC[C@@H](C(=O)N[C@@H](CCC(N)=O)COc3cccc(CCCCC(=O)N[C@H](C(=O)N4C[C@H](O)C[C@H]4C(=O)N[C@@H](C)c4ccc(-c5scnc5C)cc4)C(C)(C)C)c3Cl)N2C(=O)[C@@H](NC(=O)c2cc3cc(C(=O)P(=O)(O)O)ccc3[nH]2)C1. The number of aromatic amines is 1. The number of carbonyl (C=O) groups excluding carboxylic acids is 9. The molecular weight excluding hydrogens is 1200 g/mol. The number of aliphatic hydroxyl groups is 1. The van der Waals surface area contributed by atoms with Gasteiger partial charge in [-0.1, -0.05) is 68.8 Å². The highest BCUT2D eigenvalue weighted by Crippen LogP contribution is 2.40. The van der Waals surface area contributed by atoms with Gasteiger partial charge in [0.15, 0.2) is 0 Å². The number of aromatic nitrogens is 2. The molecule has 24 nitrogen and oxygen atoms in total. The van der Waals surface area contributed by atoms with E-state index < -0.39 is 102 Å². The quantitative estimate of drug-likeness (QED) is 0.0300. The van der Waals surface area contributed by atoms with Crippen molar-refractivity contribution in [3.05, 3.63) is 105 Å². The van der Waals surface area contributed by atoms with E-state index in [0.29, 0.717) is 43.2 Å². The van der Waals surface area contributed by atoms with Crippen LogP contribution in [0.5, 0.6) is 5.75 Å². The number of fused-ring (bicyclic) bond motifs is 2. The summed E-state index contributed by atoms with van der Waals surface area (Å²) in [5.41, 5.74) is 8.74. The number of hydrogen-bond acceptors (Lipinski definition) is 14.